The van der Waals surface area contributed by atoms with Crippen LogP contribution in [-0.2, 0) is 4.79 Å². The van der Waals surface area contributed by atoms with Gasteiger partial charge in [-0.2, -0.15) is 0 Å². The predicted octanol–water partition coefficient (Wildman–Crippen LogP) is 4.12. The van der Waals surface area contributed by atoms with Gasteiger partial charge in [0.05, 0.1) is 12.0 Å². The lowest BCUT2D eigenvalue weighted by Gasteiger charge is -2.31. The summed E-state index contributed by atoms with van der Waals surface area (Å²) in [7, 11) is 0. The van der Waals surface area contributed by atoms with Crippen molar-refractivity contribution in [2.45, 2.75) is 69.8 Å². The fourth-order valence-corrected chi connectivity index (χ4v) is 4.00. The summed E-state index contributed by atoms with van der Waals surface area (Å²) in [5.41, 5.74) is 0.531. The minimum absolute atomic E-state index is 0.0618. The molecule has 2 fully saturated rings. The highest BCUT2D eigenvalue weighted by atomic mass is 16.3. The lowest BCUT2D eigenvalue weighted by atomic mass is 9.82. The molecule has 3 N–H and O–H groups in total. The Morgan fingerprint density at radius 3 is 1.96 bits per heavy atom. The van der Waals surface area contributed by atoms with Crippen molar-refractivity contribution < 1.29 is 14.7 Å². The molecule has 148 valence electrons. The third-order valence-electron chi connectivity index (χ3n) is 5.59. The quantitative estimate of drug-likeness (QED) is 0.742. The Morgan fingerprint density at radius 2 is 1.37 bits per heavy atom. The summed E-state index contributed by atoms with van der Waals surface area (Å²) in [4.78, 5) is 26.5. The molecule has 1 saturated carbocycles. The summed E-state index contributed by atoms with van der Waals surface area (Å²) in [5, 5.41) is 16.3. The highest BCUT2D eigenvalue weighted by molar-refractivity contribution is 5.92. The van der Waals surface area contributed by atoms with Crippen LogP contribution in [0.5, 0.6) is 0 Å². The average Bonchev–Trinajstić information content (AvgIpc) is 2.93. The van der Waals surface area contributed by atoms with E-state index in [4.69, 9.17) is 0 Å². The highest BCUT2D eigenvalue weighted by Gasteiger charge is 2.31. The maximum Gasteiger partial charge on any atom is 0.321 e. The molecule has 6 nitrogen and oxygen atoms in total. The second-order valence-electron chi connectivity index (χ2n) is 7.92. The van der Waals surface area contributed by atoms with Crippen LogP contribution in [0.25, 0.3) is 0 Å². The Kier molecular flexibility index (Phi) is 6.72. The maximum atomic E-state index is 12.4. The summed E-state index contributed by atoms with van der Waals surface area (Å²) >= 11 is 0. The molecular weight excluding hydrogens is 342 g/mol. The van der Waals surface area contributed by atoms with Crippen molar-refractivity contribution in [3.8, 4) is 0 Å². The fourth-order valence-electron chi connectivity index (χ4n) is 4.00. The van der Waals surface area contributed by atoms with E-state index >= 15 is 0 Å². The first-order valence-corrected chi connectivity index (χ1v) is 10.2. The molecule has 27 heavy (non-hydrogen) atoms. The number of nitrogens with zero attached hydrogens (tertiary/aromatic N) is 1. The van der Waals surface area contributed by atoms with E-state index in [2.05, 4.69) is 10.6 Å². The van der Waals surface area contributed by atoms with Gasteiger partial charge in [-0.15, -0.1) is 0 Å². The minimum atomic E-state index is -0.858. The van der Waals surface area contributed by atoms with Gasteiger partial charge in [0.1, 0.15) is 0 Å². The lowest BCUT2D eigenvalue weighted by Crippen LogP contribution is -2.36. The first kappa shape index (κ1) is 19.7. The van der Waals surface area contributed by atoms with Crippen LogP contribution in [-0.4, -0.2) is 40.6 Å². The van der Waals surface area contributed by atoms with Gasteiger partial charge in [0.2, 0.25) is 5.91 Å². The third kappa shape index (κ3) is 5.96. The molecule has 6 heteroatoms. The molecule has 3 amide bonds. The number of anilines is 2. The number of rotatable bonds is 4. The number of urea groups is 1. The summed E-state index contributed by atoms with van der Waals surface area (Å²) in [6.45, 7) is 1.62. The standard InChI is InChI=1S/C21H31N3O3/c25-19(16-21(27)12-4-3-5-13-21)22-17-8-10-18(11-9-17)23-20(26)24-14-6-1-2-7-15-24/h8-11,27H,1-7,12-16H2,(H,22,25)(H,23,26). The number of hydrogen-bond acceptors (Lipinski definition) is 3. The van der Waals surface area contributed by atoms with Crippen molar-refractivity contribution in [2.75, 3.05) is 23.7 Å². The lowest BCUT2D eigenvalue weighted by molar-refractivity contribution is -0.122. The summed E-state index contributed by atoms with van der Waals surface area (Å²) < 4.78 is 0. The normalized spacial score (nSPS) is 19.8. The van der Waals surface area contributed by atoms with Crippen molar-refractivity contribution in [2.24, 2.45) is 0 Å². The van der Waals surface area contributed by atoms with Gasteiger partial charge in [-0.25, -0.2) is 4.79 Å². The number of hydrogen-bond donors (Lipinski definition) is 3. The summed E-state index contributed by atoms with van der Waals surface area (Å²) in [5.74, 6) is -0.166. The first-order valence-electron chi connectivity index (χ1n) is 10.2. The van der Waals surface area contributed by atoms with E-state index < -0.39 is 5.60 Å². The van der Waals surface area contributed by atoms with Gasteiger partial charge in [0.25, 0.3) is 0 Å². The van der Waals surface area contributed by atoms with E-state index in [-0.39, 0.29) is 18.4 Å². The number of likely N-dealkylation sites (tertiary alicyclic amines) is 1. The summed E-state index contributed by atoms with van der Waals surface area (Å²) in [6, 6.07) is 7.08. The molecule has 0 unspecified atom stereocenters. The highest BCUT2D eigenvalue weighted by Crippen LogP contribution is 2.31. The van der Waals surface area contributed by atoms with Gasteiger partial charge in [-0.3, -0.25) is 4.79 Å². The minimum Gasteiger partial charge on any atom is -0.389 e. The molecule has 1 aliphatic carbocycles. The summed E-state index contributed by atoms with van der Waals surface area (Å²) in [6.07, 6.45) is 9.12. The fraction of sp³-hybridized carbons (Fsp3) is 0.619. The number of carbonyl (C=O) groups excluding carboxylic acids is 2. The predicted molar refractivity (Wildman–Crippen MR) is 107 cm³/mol. The topological polar surface area (TPSA) is 81.7 Å². The van der Waals surface area contributed by atoms with Gasteiger partial charge < -0.3 is 20.6 Å². The second kappa shape index (κ2) is 9.22. The molecule has 3 rings (SSSR count). The maximum absolute atomic E-state index is 12.4. The van der Waals surface area contributed by atoms with E-state index in [1.54, 1.807) is 24.3 Å². The molecular formula is C21H31N3O3. The van der Waals surface area contributed by atoms with Crippen LogP contribution < -0.4 is 10.6 Å². The van der Waals surface area contributed by atoms with Crippen LogP contribution in [0.1, 0.15) is 64.2 Å². The van der Waals surface area contributed by atoms with Crippen LogP contribution in [0.2, 0.25) is 0 Å². The average molecular weight is 373 g/mol. The van der Waals surface area contributed by atoms with Crippen LogP contribution >= 0.6 is 0 Å². The largest absolute Gasteiger partial charge is 0.389 e. The van der Waals surface area contributed by atoms with E-state index in [1.807, 2.05) is 4.90 Å². The molecule has 1 aromatic rings. The molecule has 0 atom stereocenters. The molecule has 0 aromatic heterocycles. The SMILES string of the molecule is O=C(CC1(O)CCCCC1)Nc1ccc(NC(=O)N2CCCCCC2)cc1. The van der Waals surface area contributed by atoms with E-state index in [0.717, 1.165) is 45.2 Å². The van der Waals surface area contributed by atoms with E-state index in [9.17, 15) is 14.7 Å². The van der Waals surface area contributed by atoms with Gasteiger partial charge >= 0.3 is 6.03 Å². The van der Waals surface area contributed by atoms with Crippen LogP contribution in [0.15, 0.2) is 24.3 Å². The van der Waals surface area contributed by atoms with Crippen molar-refractivity contribution in [1.29, 1.82) is 0 Å². The third-order valence-corrected chi connectivity index (χ3v) is 5.59. The Balaban J connectivity index is 1.49. The molecule has 0 bridgehead atoms. The molecule has 1 aliphatic heterocycles. The zero-order valence-electron chi connectivity index (χ0n) is 16.0. The number of amides is 3. The number of nitrogens with one attached hydrogen (secondary N) is 2. The smallest absolute Gasteiger partial charge is 0.321 e. The van der Waals surface area contributed by atoms with Crippen LogP contribution in [0, 0.1) is 0 Å². The van der Waals surface area contributed by atoms with Crippen molar-refractivity contribution in [3.05, 3.63) is 24.3 Å². The number of carbonyl (C=O) groups is 2. The van der Waals surface area contributed by atoms with E-state index in [0.29, 0.717) is 24.2 Å². The van der Waals surface area contributed by atoms with Crippen LogP contribution in [0.4, 0.5) is 16.2 Å². The Hall–Kier alpha value is -2.08. The molecule has 1 aromatic carbocycles. The number of aliphatic hydroxyl groups is 1. The molecule has 2 aliphatic rings. The van der Waals surface area contributed by atoms with Gasteiger partial charge in [-0.1, -0.05) is 32.1 Å². The Labute approximate surface area is 161 Å². The van der Waals surface area contributed by atoms with Gasteiger partial charge in [0.15, 0.2) is 0 Å². The zero-order valence-corrected chi connectivity index (χ0v) is 16.0. The Morgan fingerprint density at radius 1 is 0.852 bits per heavy atom. The van der Waals surface area contributed by atoms with Gasteiger partial charge in [-0.05, 0) is 49.9 Å². The number of benzene rings is 1. The molecule has 1 saturated heterocycles. The van der Waals surface area contributed by atoms with E-state index in [1.165, 1.54) is 12.8 Å². The molecule has 0 radical (unpaired) electrons. The van der Waals surface area contributed by atoms with Crippen molar-refractivity contribution >= 4 is 23.3 Å². The van der Waals surface area contributed by atoms with Gasteiger partial charge in [0, 0.05) is 24.5 Å². The first-order chi connectivity index (χ1) is 13.0. The van der Waals surface area contributed by atoms with Crippen molar-refractivity contribution in [1.82, 2.24) is 4.90 Å². The molecule has 0 spiro atoms. The van der Waals surface area contributed by atoms with Crippen LogP contribution in [0.3, 0.4) is 0 Å². The molecule has 1 heterocycles. The zero-order chi connectivity index (χ0) is 19.1. The Bertz CT molecular complexity index is 631. The van der Waals surface area contributed by atoms with Crippen molar-refractivity contribution in [3.63, 3.8) is 0 Å². The second-order valence-corrected chi connectivity index (χ2v) is 7.92. The monoisotopic (exact) mass is 373 g/mol.